The van der Waals surface area contributed by atoms with Crippen LogP contribution in [-0.2, 0) is 4.79 Å². The van der Waals surface area contributed by atoms with Gasteiger partial charge in [0.25, 0.3) is 0 Å². The second kappa shape index (κ2) is 3.61. The maximum atomic E-state index is 10.7. The van der Waals surface area contributed by atoms with Crippen molar-refractivity contribution in [3.05, 3.63) is 41.6 Å². The predicted molar refractivity (Wildman–Crippen MR) is 59.6 cm³/mol. The molecule has 0 unspecified atom stereocenters. The lowest BCUT2D eigenvalue weighted by Gasteiger charge is -1.98. The van der Waals surface area contributed by atoms with Crippen molar-refractivity contribution in [1.82, 2.24) is 4.98 Å². The van der Waals surface area contributed by atoms with Crippen molar-refractivity contribution < 1.29 is 9.90 Å². The molecular formula is C12H11NO2. The first-order valence-electron chi connectivity index (χ1n) is 4.66. The van der Waals surface area contributed by atoms with E-state index in [1.165, 1.54) is 0 Å². The number of fused-ring (bicyclic) bond motifs is 1. The Balaban J connectivity index is 2.57. The first-order valence-corrected chi connectivity index (χ1v) is 4.66. The molecule has 76 valence electrons. The van der Waals surface area contributed by atoms with Gasteiger partial charge in [-0.25, -0.2) is 4.79 Å². The number of aromatic amines is 1. The number of carboxylic acids is 1. The monoisotopic (exact) mass is 201 g/mol. The van der Waals surface area contributed by atoms with Crippen LogP contribution in [-0.4, -0.2) is 16.1 Å². The average Bonchev–Trinajstić information content (AvgIpc) is 2.66. The molecule has 2 rings (SSSR count). The number of hydrogen-bond donors (Lipinski definition) is 2. The molecule has 0 aliphatic rings. The van der Waals surface area contributed by atoms with Crippen LogP contribution in [0.5, 0.6) is 0 Å². The van der Waals surface area contributed by atoms with Gasteiger partial charge in [0.1, 0.15) is 0 Å². The molecule has 0 spiro atoms. The Bertz CT molecular complexity index is 537. The van der Waals surface area contributed by atoms with Gasteiger partial charge in [-0.15, -0.1) is 0 Å². The normalized spacial score (nSPS) is 11.9. The maximum absolute atomic E-state index is 10.7. The lowest BCUT2D eigenvalue weighted by molar-refractivity contribution is -0.132. The third-order valence-electron chi connectivity index (χ3n) is 2.34. The number of aliphatic carboxylic acids is 1. The smallest absolute Gasteiger partial charge is 0.331 e. The van der Waals surface area contributed by atoms with Gasteiger partial charge in [0.05, 0.1) is 0 Å². The summed E-state index contributed by atoms with van der Waals surface area (Å²) in [6.07, 6.45) is 3.52. The van der Waals surface area contributed by atoms with Crippen molar-refractivity contribution in [1.29, 1.82) is 0 Å². The summed E-state index contributed by atoms with van der Waals surface area (Å²) in [5.74, 6) is -0.887. The van der Waals surface area contributed by atoms with Gasteiger partial charge >= 0.3 is 5.97 Å². The zero-order chi connectivity index (χ0) is 10.8. The molecule has 0 atom stereocenters. The number of rotatable bonds is 2. The number of nitrogens with one attached hydrogen (secondary N) is 1. The highest BCUT2D eigenvalue weighted by atomic mass is 16.4. The molecule has 1 heterocycles. The van der Waals surface area contributed by atoms with E-state index in [1.54, 1.807) is 13.0 Å². The lowest BCUT2D eigenvalue weighted by atomic mass is 10.1. The third-order valence-corrected chi connectivity index (χ3v) is 2.34. The van der Waals surface area contributed by atoms with Gasteiger partial charge in [0.15, 0.2) is 0 Å². The fourth-order valence-electron chi connectivity index (χ4n) is 1.53. The van der Waals surface area contributed by atoms with Gasteiger partial charge in [-0.2, -0.15) is 0 Å². The molecular weight excluding hydrogens is 190 g/mol. The van der Waals surface area contributed by atoms with Gasteiger partial charge in [0, 0.05) is 22.7 Å². The van der Waals surface area contributed by atoms with Crippen LogP contribution in [0.1, 0.15) is 12.5 Å². The number of aromatic nitrogens is 1. The first kappa shape index (κ1) is 9.52. The van der Waals surface area contributed by atoms with E-state index in [-0.39, 0.29) is 0 Å². The fraction of sp³-hybridized carbons (Fsp3) is 0.0833. The largest absolute Gasteiger partial charge is 0.478 e. The van der Waals surface area contributed by atoms with Crippen LogP contribution >= 0.6 is 0 Å². The minimum Gasteiger partial charge on any atom is -0.478 e. The minimum absolute atomic E-state index is 0.337. The number of hydrogen-bond acceptors (Lipinski definition) is 1. The van der Waals surface area contributed by atoms with E-state index >= 15 is 0 Å². The highest BCUT2D eigenvalue weighted by Gasteiger charge is 2.03. The van der Waals surface area contributed by atoms with Crippen molar-refractivity contribution >= 4 is 22.9 Å². The number of carboxylic acid groups (broad SMARTS) is 1. The Morgan fingerprint density at radius 2 is 2.20 bits per heavy atom. The molecule has 0 radical (unpaired) electrons. The highest BCUT2D eigenvalue weighted by molar-refractivity contribution is 5.96. The Kier molecular flexibility index (Phi) is 2.29. The van der Waals surface area contributed by atoms with Crippen LogP contribution in [0.3, 0.4) is 0 Å². The van der Waals surface area contributed by atoms with Crippen LogP contribution in [0.2, 0.25) is 0 Å². The van der Waals surface area contributed by atoms with Crippen LogP contribution in [0.25, 0.3) is 17.0 Å². The van der Waals surface area contributed by atoms with E-state index in [4.69, 9.17) is 5.11 Å². The Hall–Kier alpha value is -2.03. The van der Waals surface area contributed by atoms with E-state index in [0.717, 1.165) is 16.5 Å². The molecule has 1 aromatic heterocycles. The first-order chi connectivity index (χ1) is 7.18. The quantitative estimate of drug-likeness (QED) is 0.734. The second-order valence-corrected chi connectivity index (χ2v) is 3.42. The Morgan fingerprint density at radius 3 is 2.93 bits per heavy atom. The topological polar surface area (TPSA) is 53.1 Å². The lowest BCUT2D eigenvalue weighted by Crippen LogP contribution is -1.95. The second-order valence-electron chi connectivity index (χ2n) is 3.42. The van der Waals surface area contributed by atoms with Crippen LogP contribution in [0.15, 0.2) is 36.0 Å². The number of H-pyrrole nitrogens is 1. The van der Waals surface area contributed by atoms with Gasteiger partial charge in [-0.3, -0.25) is 0 Å². The average molecular weight is 201 g/mol. The maximum Gasteiger partial charge on any atom is 0.331 e. The van der Waals surface area contributed by atoms with Crippen molar-refractivity contribution in [2.75, 3.05) is 0 Å². The third kappa shape index (κ3) is 1.76. The van der Waals surface area contributed by atoms with Gasteiger partial charge in [-0.05, 0) is 30.7 Å². The molecule has 2 N–H and O–H groups in total. The zero-order valence-corrected chi connectivity index (χ0v) is 8.32. The molecule has 0 fully saturated rings. The van der Waals surface area contributed by atoms with Gasteiger partial charge in [-0.1, -0.05) is 12.1 Å². The summed E-state index contributed by atoms with van der Waals surface area (Å²) >= 11 is 0. The van der Waals surface area contributed by atoms with Crippen molar-refractivity contribution in [2.24, 2.45) is 0 Å². The molecule has 0 saturated heterocycles. The summed E-state index contributed by atoms with van der Waals surface area (Å²) in [5.41, 5.74) is 2.28. The molecule has 3 heteroatoms. The SMILES string of the molecule is C/C(=C\c1cccc2[nH]ccc12)C(=O)O. The summed E-state index contributed by atoms with van der Waals surface area (Å²) in [5, 5.41) is 9.83. The number of carbonyl (C=O) groups is 1. The van der Waals surface area contributed by atoms with Gasteiger partial charge in [0.2, 0.25) is 0 Å². The molecule has 0 saturated carbocycles. The highest BCUT2D eigenvalue weighted by Crippen LogP contribution is 2.19. The summed E-state index contributed by atoms with van der Waals surface area (Å²) in [6, 6.07) is 7.71. The summed E-state index contributed by atoms with van der Waals surface area (Å²) in [7, 11) is 0. The number of benzene rings is 1. The molecule has 0 aliphatic heterocycles. The minimum atomic E-state index is -0.887. The van der Waals surface area contributed by atoms with Crippen LogP contribution < -0.4 is 0 Å². The van der Waals surface area contributed by atoms with Crippen molar-refractivity contribution in [3.63, 3.8) is 0 Å². The van der Waals surface area contributed by atoms with E-state index in [9.17, 15) is 4.79 Å². The van der Waals surface area contributed by atoms with E-state index in [1.807, 2.05) is 30.5 Å². The standard InChI is InChI=1S/C12H11NO2/c1-8(12(14)15)7-9-3-2-4-11-10(9)5-6-13-11/h2-7,13H,1H3,(H,14,15)/b8-7+. The van der Waals surface area contributed by atoms with E-state index in [2.05, 4.69) is 4.98 Å². The molecule has 2 aromatic rings. The summed E-state index contributed by atoms with van der Waals surface area (Å²) in [6.45, 7) is 1.59. The van der Waals surface area contributed by atoms with Gasteiger partial charge < -0.3 is 10.1 Å². The predicted octanol–water partition coefficient (Wildman–Crippen LogP) is 2.66. The van der Waals surface area contributed by atoms with E-state index < -0.39 is 5.97 Å². The summed E-state index contributed by atoms with van der Waals surface area (Å²) < 4.78 is 0. The van der Waals surface area contributed by atoms with Crippen molar-refractivity contribution in [3.8, 4) is 0 Å². The Labute approximate surface area is 87.0 Å². The molecule has 1 aromatic carbocycles. The molecule has 0 aliphatic carbocycles. The van der Waals surface area contributed by atoms with Crippen LogP contribution in [0.4, 0.5) is 0 Å². The molecule has 15 heavy (non-hydrogen) atoms. The fourth-order valence-corrected chi connectivity index (χ4v) is 1.53. The van der Waals surface area contributed by atoms with Crippen LogP contribution in [0, 0.1) is 0 Å². The molecule has 0 bridgehead atoms. The van der Waals surface area contributed by atoms with Crippen molar-refractivity contribution in [2.45, 2.75) is 6.92 Å². The molecule has 3 nitrogen and oxygen atoms in total. The Morgan fingerprint density at radius 1 is 1.40 bits per heavy atom. The molecule has 0 amide bonds. The van der Waals surface area contributed by atoms with E-state index in [0.29, 0.717) is 5.57 Å². The summed E-state index contributed by atoms with van der Waals surface area (Å²) in [4.78, 5) is 13.8. The zero-order valence-electron chi connectivity index (χ0n) is 8.32.